The predicted molar refractivity (Wildman–Crippen MR) is 70.7 cm³/mol. The van der Waals surface area contributed by atoms with Gasteiger partial charge < -0.3 is 9.80 Å². The maximum absolute atomic E-state index is 2.49. The van der Waals surface area contributed by atoms with Crippen LogP contribution in [-0.4, -0.2) is 38.1 Å². The van der Waals surface area contributed by atoms with Crippen LogP contribution in [-0.2, 0) is 0 Å². The second-order valence-corrected chi connectivity index (χ2v) is 5.38. The standard InChI is InChI=1S/C13H16N2S/c1-14-4-6-15(7-5-14)12-9-11-3-2-8-16-13(11)10-12/h2-3,8-10H,4-7H2,1H3. The Morgan fingerprint density at radius 2 is 1.94 bits per heavy atom. The molecule has 0 bridgehead atoms. The maximum atomic E-state index is 2.49. The Balaban J connectivity index is 1.87. The molecular formula is C13H16N2S. The molecule has 0 N–H and O–H groups in total. The summed E-state index contributed by atoms with van der Waals surface area (Å²) in [6.45, 7) is 4.64. The summed E-state index contributed by atoms with van der Waals surface area (Å²) in [5.74, 6) is 0. The maximum Gasteiger partial charge on any atom is 0.0387 e. The van der Waals surface area contributed by atoms with Crippen molar-refractivity contribution in [1.29, 1.82) is 0 Å². The Morgan fingerprint density at radius 3 is 2.69 bits per heavy atom. The molecule has 2 aliphatic heterocycles. The summed E-state index contributed by atoms with van der Waals surface area (Å²) in [7, 11) is 2.20. The molecule has 0 amide bonds. The average Bonchev–Trinajstić information content (AvgIpc) is 2.73. The van der Waals surface area contributed by atoms with Crippen LogP contribution in [0.3, 0.4) is 0 Å². The van der Waals surface area contributed by atoms with Crippen LogP contribution in [0.5, 0.6) is 0 Å². The highest BCUT2D eigenvalue weighted by atomic mass is 32.1. The van der Waals surface area contributed by atoms with Crippen molar-refractivity contribution in [2.75, 3.05) is 38.1 Å². The molecule has 0 atom stereocenters. The number of nitrogens with zero attached hydrogens (tertiary/aromatic N) is 2. The van der Waals surface area contributed by atoms with Gasteiger partial charge in [0.2, 0.25) is 0 Å². The molecule has 3 aliphatic rings. The molecule has 0 spiro atoms. The zero-order valence-electron chi connectivity index (χ0n) is 9.52. The second kappa shape index (κ2) is 4.07. The lowest BCUT2D eigenvalue weighted by Crippen LogP contribution is -2.44. The molecule has 2 heterocycles. The van der Waals surface area contributed by atoms with E-state index >= 15 is 0 Å². The molecule has 1 aliphatic carbocycles. The number of likely N-dealkylation sites (N-methyl/N-ethyl adjacent to an activating group) is 1. The van der Waals surface area contributed by atoms with E-state index in [1.165, 1.54) is 29.2 Å². The third kappa shape index (κ3) is 1.81. The minimum Gasteiger partial charge on any atom is -0.369 e. The number of hydrogen-bond donors (Lipinski definition) is 0. The average molecular weight is 232 g/mol. The van der Waals surface area contributed by atoms with E-state index in [4.69, 9.17) is 0 Å². The molecule has 16 heavy (non-hydrogen) atoms. The molecule has 0 saturated carbocycles. The topological polar surface area (TPSA) is 6.48 Å². The van der Waals surface area contributed by atoms with Crippen molar-refractivity contribution in [3.8, 4) is 10.4 Å². The number of fused-ring (bicyclic) bond motifs is 1. The van der Waals surface area contributed by atoms with Gasteiger partial charge in [0.1, 0.15) is 0 Å². The molecule has 3 rings (SSSR count). The summed E-state index contributed by atoms with van der Waals surface area (Å²) in [4.78, 5) is 6.28. The number of piperazine rings is 1. The summed E-state index contributed by atoms with van der Waals surface area (Å²) >= 11 is 1.83. The smallest absolute Gasteiger partial charge is 0.0387 e. The van der Waals surface area contributed by atoms with Crippen molar-refractivity contribution in [3.63, 3.8) is 0 Å². The summed E-state index contributed by atoms with van der Waals surface area (Å²) in [6, 6.07) is 8.97. The van der Waals surface area contributed by atoms with Crippen LogP contribution >= 0.6 is 11.3 Å². The second-order valence-electron chi connectivity index (χ2n) is 4.44. The van der Waals surface area contributed by atoms with Crippen molar-refractivity contribution < 1.29 is 0 Å². The Labute approximate surface area is 100 Å². The lowest BCUT2D eigenvalue weighted by atomic mass is 10.3. The molecule has 1 fully saturated rings. The molecule has 84 valence electrons. The van der Waals surface area contributed by atoms with Crippen LogP contribution in [0.4, 0.5) is 5.69 Å². The normalized spacial score (nSPS) is 18.2. The van der Waals surface area contributed by atoms with Gasteiger partial charge in [0.05, 0.1) is 0 Å². The van der Waals surface area contributed by atoms with Gasteiger partial charge in [-0.3, -0.25) is 0 Å². The zero-order valence-corrected chi connectivity index (χ0v) is 10.3. The number of anilines is 1. The first kappa shape index (κ1) is 10.1. The third-order valence-electron chi connectivity index (χ3n) is 3.28. The van der Waals surface area contributed by atoms with Crippen molar-refractivity contribution in [1.82, 2.24) is 4.90 Å². The van der Waals surface area contributed by atoms with Crippen LogP contribution in [0.15, 0.2) is 29.6 Å². The SMILES string of the molecule is CN1CCN(c2cc3cccsc-3c2)CC1. The predicted octanol–water partition coefficient (Wildman–Crippen LogP) is 2.60. The molecule has 0 radical (unpaired) electrons. The van der Waals surface area contributed by atoms with Crippen LogP contribution in [0.1, 0.15) is 0 Å². The van der Waals surface area contributed by atoms with Gasteiger partial charge in [-0.05, 0) is 30.1 Å². The van der Waals surface area contributed by atoms with Crippen LogP contribution < -0.4 is 4.90 Å². The van der Waals surface area contributed by atoms with Crippen LogP contribution in [0.25, 0.3) is 10.4 Å². The Hall–Kier alpha value is -1.06. The van der Waals surface area contributed by atoms with E-state index < -0.39 is 0 Å². The van der Waals surface area contributed by atoms with E-state index in [0.29, 0.717) is 0 Å². The molecular weight excluding hydrogens is 216 g/mol. The van der Waals surface area contributed by atoms with Crippen molar-refractivity contribution in [2.45, 2.75) is 0 Å². The van der Waals surface area contributed by atoms with Crippen LogP contribution in [0, 0.1) is 0 Å². The van der Waals surface area contributed by atoms with E-state index in [1.54, 1.807) is 0 Å². The minimum atomic E-state index is 1.15. The molecule has 2 nitrogen and oxygen atoms in total. The summed E-state index contributed by atoms with van der Waals surface area (Å²) < 4.78 is 0. The monoisotopic (exact) mass is 232 g/mol. The van der Waals surface area contributed by atoms with Crippen molar-refractivity contribution >= 4 is 17.0 Å². The Morgan fingerprint density at radius 1 is 1.12 bits per heavy atom. The molecule has 0 aromatic rings. The zero-order chi connectivity index (χ0) is 11.0. The van der Waals surface area contributed by atoms with E-state index in [2.05, 4.69) is 46.5 Å². The van der Waals surface area contributed by atoms with E-state index in [0.717, 1.165) is 13.1 Å². The largest absolute Gasteiger partial charge is 0.369 e. The fraction of sp³-hybridized carbons (Fsp3) is 0.385. The van der Waals surface area contributed by atoms with Gasteiger partial charge in [-0.25, -0.2) is 0 Å². The van der Waals surface area contributed by atoms with Gasteiger partial charge in [-0.1, -0.05) is 12.1 Å². The van der Waals surface area contributed by atoms with Gasteiger partial charge in [0, 0.05) is 36.7 Å². The van der Waals surface area contributed by atoms with Crippen molar-refractivity contribution in [3.05, 3.63) is 29.6 Å². The molecule has 0 unspecified atom stereocenters. The lowest BCUT2D eigenvalue weighted by Gasteiger charge is -2.33. The first-order chi connectivity index (χ1) is 7.83. The van der Waals surface area contributed by atoms with Gasteiger partial charge in [0.15, 0.2) is 0 Å². The Kier molecular flexibility index (Phi) is 2.58. The first-order valence-electron chi connectivity index (χ1n) is 5.74. The quantitative estimate of drug-likeness (QED) is 0.745. The van der Waals surface area contributed by atoms with Gasteiger partial charge >= 0.3 is 0 Å². The number of rotatable bonds is 1. The van der Waals surface area contributed by atoms with Crippen molar-refractivity contribution in [2.24, 2.45) is 0 Å². The molecule has 1 saturated heterocycles. The fourth-order valence-corrected chi connectivity index (χ4v) is 2.98. The molecule has 0 aromatic carbocycles. The van der Waals surface area contributed by atoms with E-state index in [-0.39, 0.29) is 0 Å². The minimum absolute atomic E-state index is 1.15. The highest BCUT2D eigenvalue weighted by Crippen LogP contribution is 2.34. The summed E-state index contributed by atoms with van der Waals surface area (Å²) in [5, 5.41) is 2.15. The summed E-state index contributed by atoms with van der Waals surface area (Å²) in [5.41, 5.74) is 2.77. The third-order valence-corrected chi connectivity index (χ3v) is 4.19. The molecule has 0 aromatic heterocycles. The van der Waals surface area contributed by atoms with Gasteiger partial charge in [-0.2, -0.15) is 0 Å². The fourth-order valence-electron chi connectivity index (χ4n) is 2.22. The summed E-state index contributed by atoms with van der Waals surface area (Å²) in [6.07, 6.45) is 0. The first-order valence-corrected chi connectivity index (χ1v) is 6.62. The highest BCUT2D eigenvalue weighted by Gasteiger charge is 2.16. The van der Waals surface area contributed by atoms with E-state index in [9.17, 15) is 0 Å². The lowest BCUT2D eigenvalue weighted by molar-refractivity contribution is 0.313. The van der Waals surface area contributed by atoms with Gasteiger partial charge in [-0.15, -0.1) is 11.3 Å². The number of hydrogen-bond acceptors (Lipinski definition) is 3. The van der Waals surface area contributed by atoms with E-state index in [1.807, 2.05) is 11.3 Å². The highest BCUT2D eigenvalue weighted by molar-refractivity contribution is 7.13. The molecule has 3 heteroatoms. The van der Waals surface area contributed by atoms with Crippen LogP contribution in [0.2, 0.25) is 0 Å². The van der Waals surface area contributed by atoms with Gasteiger partial charge in [0.25, 0.3) is 0 Å². The Bertz CT molecular complexity index is 413.